The topological polar surface area (TPSA) is 118 Å². The minimum absolute atomic E-state index is 0.140. The Morgan fingerprint density at radius 2 is 2.38 bits per heavy atom. The number of amidine groups is 1. The van der Waals surface area contributed by atoms with Gasteiger partial charge in [0.15, 0.2) is 5.84 Å². The van der Waals surface area contributed by atoms with E-state index in [2.05, 4.69) is 10.1 Å². The van der Waals surface area contributed by atoms with Crippen molar-refractivity contribution in [1.29, 1.82) is 0 Å². The number of nitrogens with zero attached hydrogens (tertiary/aromatic N) is 4. The van der Waals surface area contributed by atoms with Gasteiger partial charge in [-0.3, -0.25) is 10.1 Å². The molecule has 0 aliphatic heterocycles. The Morgan fingerprint density at radius 3 is 2.86 bits per heavy atom. The van der Waals surface area contributed by atoms with Crippen LogP contribution >= 0.6 is 11.8 Å². The smallest absolute Gasteiger partial charge is 0.312 e. The summed E-state index contributed by atoms with van der Waals surface area (Å²) in [6, 6.07) is 1.40. The second-order valence-electron chi connectivity index (χ2n) is 4.44. The lowest BCUT2D eigenvalue weighted by atomic mass is 10.2. The van der Waals surface area contributed by atoms with Gasteiger partial charge in [0.1, 0.15) is 0 Å². The number of aromatic nitrogens is 1. The zero-order valence-electron chi connectivity index (χ0n) is 12.2. The van der Waals surface area contributed by atoms with Gasteiger partial charge in [0.05, 0.1) is 4.92 Å². The zero-order valence-corrected chi connectivity index (χ0v) is 13.0. The van der Waals surface area contributed by atoms with Crippen LogP contribution < -0.4 is 10.6 Å². The van der Waals surface area contributed by atoms with E-state index in [4.69, 9.17) is 10.9 Å². The fourth-order valence-electron chi connectivity index (χ4n) is 1.92. The number of anilines is 1. The van der Waals surface area contributed by atoms with Crippen LogP contribution in [-0.2, 0) is 0 Å². The van der Waals surface area contributed by atoms with E-state index < -0.39 is 4.92 Å². The highest BCUT2D eigenvalue weighted by atomic mass is 32.2. The van der Waals surface area contributed by atoms with Crippen LogP contribution in [0.4, 0.5) is 11.5 Å². The average molecular weight is 313 g/mol. The van der Waals surface area contributed by atoms with E-state index in [0.29, 0.717) is 0 Å². The molecular weight excluding hydrogens is 294 g/mol. The summed E-state index contributed by atoms with van der Waals surface area (Å²) in [7, 11) is 1.78. The molecule has 0 aliphatic carbocycles. The van der Waals surface area contributed by atoms with E-state index >= 15 is 0 Å². The molecule has 0 aromatic carbocycles. The van der Waals surface area contributed by atoms with E-state index in [9.17, 15) is 10.1 Å². The minimum Gasteiger partial charge on any atom is -0.409 e. The molecule has 0 saturated carbocycles. The van der Waals surface area contributed by atoms with Crippen LogP contribution in [0.3, 0.4) is 0 Å². The first kappa shape index (κ1) is 17.0. The molecule has 9 heteroatoms. The maximum atomic E-state index is 11.2. The molecule has 1 aromatic rings. The highest BCUT2D eigenvalue weighted by Gasteiger charge is 2.24. The molecule has 21 heavy (non-hydrogen) atoms. The van der Waals surface area contributed by atoms with Crippen molar-refractivity contribution in [3.63, 3.8) is 0 Å². The maximum absolute atomic E-state index is 11.2. The predicted octanol–water partition coefficient (Wildman–Crippen LogP) is 1.66. The third-order valence-corrected chi connectivity index (χ3v) is 3.88. The van der Waals surface area contributed by atoms with Gasteiger partial charge in [-0.2, -0.15) is 11.8 Å². The van der Waals surface area contributed by atoms with Crippen LogP contribution in [0.5, 0.6) is 0 Å². The minimum atomic E-state index is -0.515. The normalized spacial score (nSPS) is 13.0. The first-order valence-electron chi connectivity index (χ1n) is 6.30. The standard InChI is InChI=1S/C12H19N5O3S/c1-4-9(7-21-3)16(2)12-10(17(19)20)5-8(6-14-12)11(13)15-18/h5-6,9,18H,4,7H2,1-3H3,(H2,13,15). The molecule has 1 unspecified atom stereocenters. The summed E-state index contributed by atoms with van der Waals surface area (Å²) in [4.78, 5) is 16.7. The molecule has 0 aliphatic rings. The molecule has 1 aromatic heterocycles. The number of pyridine rings is 1. The molecular formula is C12H19N5O3S. The Hall–Kier alpha value is -2.03. The van der Waals surface area contributed by atoms with Crippen molar-refractivity contribution >= 4 is 29.1 Å². The third-order valence-electron chi connectivity index (χ3n) is 3.16. The quantitative estimate of drug-likeness (QED) is 0.258. The van der Waals surface area contributed by atoms with Crippen molar-refractivity contribution in [3.05, 3.63) is 27.9 Å². The Labute approximate surface area is 127 Å². The molecule has 3 N–H and O–H groups in total. The molecule has 1 heterocycles. The predicted molar refractivity (Wildman–Crippen MR) is 84.3 cm³/mol. The van der Waals surface area contributed by atoms with E-state index in [1.54, 1.807) is 23.7 Å². The fourth-order valence-corrected chi connectivity index (χ4v) is 2.76. The summed E-state index contributed by atoms with van der Waals surface area (Å²) < 4.78 is 0. The number of hydrogen-bond donors (Lipinski definition) is 2. The Balaban J connectivity index is 3.26. The molecule has 1 rings (SSSR count). The van der Waals surface area contributed by atoms with E-state index in [-0.39, 0.29) is 28.9 Å². The van der Waals surface area contributed by atoms with Crippen LogP contribution in [0, 0.1) is 10.1 Å². The van der Waals surface area contributed by atoms with Gasteiger partial charge in [0.25, 0.3) is 0 Å². The van der Waals surface area contributed by atoms with Crippen LogP contribution in [0.25, 0.3) is 0 Å². The lowest BCUT2D eigenvalue weighted by molar-refractivity contribution is -0.384. The lowest BCUT2D eigenvalue weighted by Crippen LogP contribution is -2.34. The van der Waals surface area contributed by atoms with E-state index in [1.807, 2.05) is 13.2 Å². The summed E-state index contributed by atoms with van der Waals surface area (Å²) >= 11 is 1.67. The number of thioether (sulfide) groups is 1. The first-order valence-corrected chi connectivity index (χ1v) is 7.69. The second kappa shape index (κ2) is 7.67. The molecule has 116 valence electrons. The number of hydrogen-bond acceptors (Lipinski definition) is 7. The Bertz CT molecular complexity index is 538. The second-order valence-corrected chi connectivity index (χ2v) is 5.35. The molecule has 0 radical (unpaired) electrons. The summed E-state index contributed by atoms with van der Waals surface area (Å²) in [5.41, 5.74) is 5.49. The van der Waals surface area contributed by atoms with Crippen LogP contribution in [-0.4, -0.2) is 46.0 Å². The van der Waals surface area contributed by atoms with Gasteiger partial charge in [0.2, 0.25) is 5.82 Å². The van der Waals surface area contributed by atoms with Gasteiger partial charge >= 0.3 is 5.69 Å². The van der Waals surface area contributed by atoms with Gasteiger partial charge in [-0.1, -0.05) is 12.1 Å². The van der Waals surface area contributed by atoms with E-state index in [0.717, 1.165) is 12.2 Å². The fraction of sp³-hybridized carbons (Fsp3) is 0.500. The van der Waals surface area contributed by atoms with Gasteiger partial charge < -0.3 is 15.8 Å². The molecule has 0 saturated heterocycles. The summed E-state index contributed by atoms with van der Waals surface area (Å²) in [6.07, 6.45) is 4.19. The highest BCUT2D eigenvalue weighted by Crippen LogP contribution is 2.28. The van der Waals surface area contributed by atoms with Crippen LogP contribution in [0.15, 0.2) is 17.4 Å². The lowest BCUT2D eigenvalue weighted by Gasteiger charge is -2.27. The molecule has 0 bridgehead atoms. The number of oxime groups is 1. The highest BCUT2D eigenvalue weighted by molar-refractivity contribution is 7.98. The number of nitro groups is 1. The monoisotopic (exact) mass is 313 g/mol. The summed E-state index contributed by atoms with van der Waals surface area (Å²) in [6.45, 7) is 2.02. The van der Waals surface area contributed by atoms with E-state index in [1.165, 1.54) is 12.3 Å². The Kier molecular flexibility index (Phi) is 6.22. The molecule has 1 atom stereocenters. The largest absolute Gasteiger partial charge is 0.409 e. The molecule has 8 nitrogen and oxygen atoms in total. The summed E-state index contributed by atoms with van der Waals surface area (Å²) in [5, 5.41) is 22.7. The SMILES string of the molecule is CCC(CSC)N(C)c1ncc(C(N)=NO)cc1[N+](=O)[O-]. The van der Waals surface area contributed by atoms with Gasteiger partial charge in [-0.25, -0.2) is 4.98 Å². The van der Waals surface area contributed by atoms with Crippen LogP contribution in [0.1, 0.15) is 18.9 Å². The summed E-state index contributed by atoms with van der Waals surface area (Å²) in [5.74, 6) is 0.903. The van der Waals surface area contributed by atoms with Crippen molar-refractivity contribution < 1.29 is 10.1 Å². The molecule has 0 fully saturated rings. The van der Waals surface area contributed by atoms with Crippen molar-refractivity contribution in [1.82, 2.24) is 4.98 Å². The van der Waals surface area contributed by atoms with Gasteiger partial charge in [-0.05, 0) is 12.7 Å². The molecule has 0 spiro atoms. The van der Waals surface area contributed by atoms with Gasteiger partial charge in [0, 0.05) is 36.7 Å². The first-order chi connectivity index (χ1) is 9.96. The molecule has 0 amide bonds. The van der Waals surface area contributed by atoms with Gasteiger partial charge in [-0.15, -0.1) is 0 Å². The average Bonchev–Trinajstić information content (AvgIpc) is 2.50. The maximum Gasteiger partial charge on any atom is 0.312 e. The van der Waals surface area contributed by atoms with Crippen molar-refractivity contribution in [3.8, 4) is 0 Å². The zero-order chi connectivity index (χ0) is 16.0. The third kappa shape index (κ3) is 3.97. The van der Waals surface area contributed by atoms with Crippen molar-refractivity contribution in [2.45, 2.75) is 19.4 Å². The van der Waals surface area contributed by atoms with Crippen LogP contribution in [0.2, 0.25) is 0 Å². The van der Waals surface area contributed by atoms with Crippen molar-refractivity contribution in [2.75, 3.05) is 24.0 Å². The number of nitrogens with two attached hydrogens (primary N) is 1. The number of rotatable bonds is 7. The van der Waals surface area contributed by atoms with Crippen molar-refractivity contribution in [2.24, 2.45) is 10.9 Å². The Morgan fingerprint density at radius 1 is 1.71 bits per heavy atom.